The second-order valence-corrected chi connectivity index (χ2v) is 6.83. The number of oxazole rings is 1. The number of aryl methyl sites for hydroxylation is 1. The summed E-state index contributed by atoms with van der Waals surface area (Å²) in [5.74, 6) is 2.29. The van der Waals surface area contributed by atoms with Crippen molar-refractivity contribution in [2.45, 2.75) is 19.8 Å². The summed E-state index contributed by atoms with van der Waals surface area (Å²) in [4.78, 5) is 4.62. The van der Waals surface area contributed by atoms with Crippen molar-refractivity contribution < 1.29 is 14.4 Å². The SMILES string of the molecule is Cc1oc(-c2ccccc2)nc1CCOc1ccc2cc(C/C=N/O)ccc2c1. The lowest BCUT2D eigenvalue weighted by molar-refractivity contribution is 0.320. The fourth-order valence-corrected chi connectivity index (χ4v) is 3.27. The number of ether oxygens (including phenoxy) is 1. The molecule has 0 amide bonds. The molecule has 1 heterocycles. The van der Waals surface area contributed by atoms with E-state index in [9.17, 15) is 0 Å². The summed E-state index contributed by atoms with van der Waals surface area (Å²) < 4.78 is 11.8. The zero-order valence-corrected chi connectivity index (χ0v) is 16.2. The maximum atomic E-state index is 8.56. The summed E-state index contributed by atoms with van der Waals surface area (Å²) in [7, 11) is 0. The molecule has 1 N–H and O–H groups in total. The largest absolute Gasteiger partial charge is 0.493 e. The average molecular weight is 386 g/mol. The molecule has 29 heavy (non-hydrogen) atoms. The summed E-state index contributed by atoms with van der Waals surface area (Å²) in [5.41, 5.74) is 2.99. The molecule has 0 aliphatic heterocycles. The molecule has 0 saturated carbocycles. The van der Waals surface area contributed by atoms with Crippen molar-refractivity contribution in [1.29, 1.82) is 0 Å². The molecule has 0 bridgehead atoms. The number of rotatable bonds is 7. The van der Waals surface area contributed by atoms with Gasteiger partial charge in [0, 0.05) is 24.6 Å². The Morgan fingerprint density at radius 3 is 2.66 bits per heavy atom. The Kier molecular flexibility index (Phi) is 5.56. The van der Waals surface area contributed by atoms with Crippen molar-refractivity contribution in [3.05, 3.63) is 83.7 Å². The molecule has 0 atom stereocenters. The number of nitrogens with zero attached hydrogens (tertiary/aromatic N) is 2. The van der Waals surface area contributed by atoms with Gasteiger partial charge < -0.3 is 14.4 Å². The Balaban J connectivity index is 1.40. The lowest BCUT2D eigenvalue weighted by Crippen LogP contribution is -2.02. The molecular formula is C24H22N2O3. The van der Waals surface area contributed by atoms with Crippen molar-refractivity contribution in [2.75, 3.05) is 6.61 Å². The Morgan fingerprint density at radius 2 is 1.83 bits per heavy atom. The zero-order valence-electron chi connectivity index (χ0n) is 16.2. The van der Waals surface area contributed by atoms with Crippen LogP contribution in [0.1, 0.15) is 17.0 Å². The van der Waals surface area contributed by atoms with Gasteiger partial charge in [0.25, 0.3) is 0 Å². The molecule has 5 heteroatoms. The minimum atomic E-state index is 0.526. The molecule has 0 radical (unpaired) electrons. The maximum absolute atomic E-state index is 8.56. The number of oxime groups is 1. The number of fused-ring (bicyclic) bond motifs is 1. The van der Waals surface area contributed by atoms with Gasteiger partial charge in [0.1, 0.15) is 11.5 Å². The van der Waals surface area contributed by atoms with Crippen molar-refractivity contribution >= 4 is 17.0 Å². The van der Waals surface area contributed by atoms with Crippen LogP contribution >= 0.6 is 0 Å². The van der Waals surface area contributed by atoms with Crippen molar-refractivity contribution in [1.82, 2.24) is 4.98 Å². The molecule has 146 valence electrons. The van der Waals surface area contributed by atoms with E-state index in [0.717, 1.165) is 39.1 Å². The minimum Gasteiger partial charge on any atom is -0.493 e. The van der Waals surface area contributed by atoms with Gasteiger partial charge in [-0.25, -0.2) is 4.98 Å². The summed E-state index contributed by atoms with van der Waals surface area (Å²) in [6.07, 6.45) is 2.76. The highest BCUT2D eigenvalue weighted by molar-refractivity contribution is 5.85. The van der Waals surface area contributed by atoms with Crippen molar-refractivity contribution in [3.63, 3.8) is 0 Å². The molecule has 0 spiro atoms. The Morgan fingerprint density at radius 1 is 1.03 bits per heavy atom. The highest BCUT2D eigenvalue weighted by Gasteiger charge is 2.11. The van der Waals surface area contributed by atoms with Gasteiger partial charge in [0.05, 0.1) is 12.3 Å². The summed E-state index contributed by atoms with van der Waals surface area (Å²) >= 11 is 0. The Hall–Kier alpha value is -3.60. The lowest BCUT2D eigenvalue weighted by Gasteiger charge is -2.07. The third-order valence-electron chi connectivity index (χ3n) is 4.81. The van der Waals surface area contributed by atoms with Crippen LogP contribution in [0.5, 0.6) is 5.75 Å². The van der Waals surface area contributed by atoms with Gasteiger partial charge in [-0.2, -0.15) is 0 Å². The third-order valence-corrected chi connectivity index (χ3v) is 4.81. The highest BCUT2D eigenvalue weighted by Crippen LogP contribution is 2.24. The molecule has 3 aromatic carbocycles. The van der Waals surface area contributed by atoms with E-state index in [-0.39, 0.29) is 0 Å². The molecule has 0 aliphatic rings. The van der Waals surface area contributed by atoms with Crippen LogP contribution < -0.4 is 4.74 Å². The molecular weight excluding hydrogens is 364 g/mol. The van der Waals surface area contributed by atoms with Gasteiger partial charge >= 0.3 is 0 Å². The molecule has 0 saturated heterocycles. The van der Waals surface area contributed by atoms with E-state index in [1.54, 1.807) is 0 Å². The third kappa shape index (κ3) is 4.46. The topological polar surface area (TPSA) is 67.9 Å². The van der Waals surface area contributed by atoms with E-state index in [0.29, 0.717) is 25.3 Å². The fourth-order valence-electron chi connectivity index (χ4n) is 3.27. The van der Waals surface area contributed by atoms with Crippen molar-refractivity contribution in [3.8, 4) is 17.2 Å². The maximum Gasteiger partial charge on any atom is 0.226 e. The second kappa shape index (κ2) is 8.61. The molecule has 0 unspecified atom stereocenters. The van der Waals surface area contributed by atoms with Crippen LogP contribution in [0.25, 0.3) is 22.2 Å². The predicted molar refractivity (Wildman–Crippen MR) is 114 cm³/mol. The number of hydrogen-bond donors (Lipinski definition) is 1. The summed E-state index contributed by atoms with van der Waals surface area (Å²) in [6.45, 7) is 2.46. The van der Waals surface area contributed by atoms with Gasteiger partial charge in [0.2, 0.25) is 5.89 Å². The molecule has 5 nitrogen and oxygen atoms in total. The molecule has 4 rings (SSSR count). The normalized spacial score (nSPS) is 11.3. The van der Waals surface area contributed by atoms with Gasteiger partial charge in [-0.05, 0) is 47.5 Å². The minimum absolute atomic E-state index is 0.526. The number of benzene rings is 3. The molecule has 0 fully saturated rings. The van der Waals surface area contributed by atoms with Crippen LogP contribution in [-0.4, -0.2) is 23.0 Å². The number of aromatic nitrogens is 1. The van der Waals surface area contributed by atoms with Crippen LogP contribution in [0.15, 0.2) is 76.3 Å². The monoisotopic (exact) mass is 386 g/mol. The first kappa shape index (κ1) is 18.7. The molecule has 0 aliphatic carbocycles. The standard InChI is InChI=1S/C24H22N2O3/c1-17-23(26-24(29-17)19-5-3-2-4-6-19)12-14-28-22-10-9-20-15-18(11-13-25-27)7-8-21(20)16-22/h2-10,13,15-16,27H,11-12,14H2,1H3/b25-13+. The van der Waals surface area contributed by atoms with E-state index in [4.69, 9.17) is 14.4 Å². The molecule has 1 aromatic heterocycles. The van der Waals surface area contributed by atoms with Crippen LogP contribution in [-0.2, 0) is 12.8 Å². The summed E-state index contributed by atoms with van der Waals surface area (Å²) in [5, 5.41) is 13.8. The average Bonchev–Trinajstić information content (AvgIpc) is 3.13. The van der Waals surface area contributed by atoms with Gasteiger partial charge in [0.15, 0.2) is 0 Å². The van der Waals surface area contributed by atoms with Crippen LogP contribution in [0.3, 0.4) is 0 Å². The van der Waals surface area contributed by atoms with E-state index < -0.39 is 0 Å². The van der Waals surface area contributed by atoms with E-state index in [1.807, 2.05) is 61.5 Å². The first-order valence-corrected chi connectivity index (χ1v) is 9.56. The highest BCUT2D eigenvalue weighted by atomic mass is 16.5. The number of hydrogen-bond acceptors (Lipinski definition) is 5. The van der Waals surface area contributed by atoms with Gasteiger partial charge in [-0.1, -0.05) is 42.5 Å². The van der Waals surface area contributed by atoms with E-state index >= 15 is 0 Å². The first-order chi connectivity index (χ1) is 14.2. The fraction of sp³-hybridized carbons (Fsp3) is 0.167. The quantitative estimate of drug-likeness (QED) is 0.261. The van der Waals surface area contributed by atoms with Crippen molar-refractivity contribution in [2.24, 2.45) is 5.16 Å². The second-order valence-electron chi connectivity index (χ2n) is 6.83. The molecule has 4 aromatic rings. The first-order valence-electron chi connectivity index (χ1n) is 9.56. The van der Waals surface area contributed by atoms with Gasteiger partial charge in [-0.3, -0.25) is 0 Å². The van der Waals surface area contributed by atoms with Crippen LogP contribution in [0, 0.1) is 6.92 Å². The van der Waals surface area contributed by atoms with E-state index in [1.165, 1.54) is 6.21 Å². The zero-order chi connectivity index (χ0) is 20.1. The predicted octanol–water partition coefficient (Wildman–Crippen LogP) is 5.43. The smallest absolute Gasteiger partial charge is 0.226 e. The van der Waals surface area contributed by atoms with Crippen LogP contribution in [0.2, 0.25) is 0 Å². The summed E-state index contributed by atoms with van der Waals surface area (Å²) in [6, 6.07) is 22.1. The van der Waals surface area contributed by atoms with E-state index in [2.05, 4.69) is 22.3 Å². The van der Waals surface area contributed by atoms with Gasteiger partial charge in [-0.15, -0.1) is 5.16 Å². The lowest BCUT2D eigenvalue weighted by atomic mass is 10.1. The van der Waals surface area contributed by atoms with Crippen LogP contribution in [0.4, 0.5) is 0 Å². The Labute approximate surface area is 169 Å². The Bertz CT molecular complexity index is 1130.